The maximum absolute atomic E-state index is 6.11. The van der Waals surface area contributed by atoms with Gasteiger partial charge in [0.25, 0.3) is 0 Å². The average molecular weight is 347 g/mol. The predicted molar refractivity (Wildman–Crippen MR) is 113 cm³/mol. The molecule has 6 rings (SSSR count). The molecule has 0 fully saturated rings. The molecular weight excluding hydrogens is 330 g/mol. The number of nitrogens with zero attached hydrogens (tertiary/aromatic N) is 1. The van der Waals surface area contributed by atoms with Crippen LogP contribution in [-0.2, 0) is 7.05 Å². The van der Waals surface area contributed by atoms with Gasteiger partial charge in [0, 0.05) is 39.6 Å². The summed E-state index contributed by atoms with van der Waals surface area (Å²) in [5.74, 6) is 0. The first kappa shape index (κ1) is 14.6. The Bertz CT molecular complexity index is 1480. The molecule has 2 nitrogen and oxygen atoms in total. The maximum Gasteiger partial charge on any atom is 0.136 e. The van der Waals surface area contributed by atoms with Gasteiger partial charge < -0.3 is 8.98 Å². The molecule has 0 radical (unpaired) electrons. The molecule has 0 N–H and O–H groups in total. The Kier molecular flexibility index (Phi) is 2.84. The average Bonchev–Trinajstić information content (AvgIpc) is 3.23. The lowest BCUT2D eigenvalue weighted by Gasteiger charge is -2.05. The van der Waals surface area contributed by atoms with Crippen molar-refractivity contribution in [2.75, 3.05) is 0 Å². The van der Waals surface area contributed by atoms with Crippen LogP contribution in [0.3, 0.4) is 0 Å². The fraction of sp³-hybridized carbons (Fsp3) is 0.0400. The van der Waals surface area contributed by atoms with Crippen LogP contribution in [0.4, 0.5) is 0 Å². The van der Waals surface area contributed by atoms with Gasteiger partial charge >= 0.3 is 0 Å². The SMILES string of the molecule is Cn1c2ccccc2c2c(-c3ccc4c(c3)oc3ccccc34)cccc21. The third kappa shape index (κ3) is 1.95. The number of aryl methyl sites for hydroxylation is 1. The summed E-state index contributed by atoms with van der Waals surface area (Å²) in [5, 5.41) is 4.92. The van der Waals surface area contributed by atoms with Gasteiger partial charge in [-0.3, -0.25) is 0 Å². The summed E-state index contributed by atoms with van der Waals surface area (Å²) in [6, 6.07) is 29.9. The van der Waals surface area contributed by atoms with Crippen LogP contribution < -0.4 is 0 Å². The summed E-state index contributed by atoms with van der Waals surface area (Å²) in [5.41, 5.74) is 6.80. The molecule has 0 amide bonds. The van der Waals surface area contributed by atoms with Gasteiger partial charge in [0.2, 0.25) is 0 Å². The minimum atomic E-state index is 0.936. The zero-order chi connectivity index (χ0) is 18.0. The van der Waals surface area contributed by atoms with Gasteiger partial charge in [-0.1, -0.05) is 54.6 Å². The first-order valence-corrected chi connectivity index (χ1v) is 9.19. The van der Waals surface area contributed by atoms with Crippen LogP contribution >= 0.6 is 0 Å². The number of aromatic nitrogens is 1. The number of furan rings is 1. The van der Waals surface area contributed by atoms with Crippen LogP contribution in [0.5, 0.6) is 0 Å². The zero-order valence-corrected chi connectivity index (χ0v) is 14.9. The van der Waals surface area contributed by atoms with Crippen LogP contribution in [0, 0.1) is 0 Å². The van der Waals surface area contributed by atoms with E-state index >= 15 is 0 Å². The maximum atomic E-state index is 6.11. The lowest BCUT2D eigenvalue weighted by atomic mass is 9.98. The molecular formula is C25H17NO. The molecule has 0 spiro atoms. The zero-order valence-electron chi connectivity index (χ0n) is 14.9. The second-order valence-electron chi connectivity index (χ2n) is 7.09. The molecule has 0 aliphatic rings. The number of rotatable bonds is 1. The number of benzene rings is 4. The third-order valence-electron chi connectivity index (χ3n) is 5.63. The van der Waals surface area contributed by atoms with Crippen molar-refractivity contribution < 1.29 is 4.42 Å². The summed E-state index contributed by atoms with van der Waals surface area (Å²) in [6.45, 7) is 0. The van der Waals surface area contributed by atoms with E-state index in [9.17, 15) is 0 Å². The second-order valence-corrected chi connectivity index (χ2v) is 7.09. The predicted octanol–water partition coefficient (Wildman–Crippen LogP) is 6.90. The molecule has 2 heterocycles. The van der Waals surface area contributed by atoms with E-state index in [-0.39, 0.29) is 0 Å². The Morgan fingerprint density at radius 2 is 1.37 bits per heavy atom. The van der Waals surface area contributed by atoms with Gasteiger partial charge in [-0.15, -0.1) is 0 Å². The van der Waals surface area contributed by atoms with E-state index in [1.807, 2.05) is 12.1 Å². The molecule has 0 aliphatic heterocycles. The minimum Gasteiger partial charge on any atom is -0.456 e. The molecule has 4 aromatic carbocycles. The molecule has 0 bridgehead atoms. The van der Waals surface area contributed by atoms with Crippen LogP contribution in [0.1, 0.15) is 0 Å². The van der Waals surface area contributed by atoms with Gasteiger partial charge in [-0.05, 0) is 41.5 Å². The monoisotopic (exact) mass is 347 g/mol. The highest BCUT2D eigenvalue weighted by Crippen LogP contribution is 2.38. The third-order valence-corrected chi connectivity index (χ3v) is 5.63. The van der Waals surface area contributed by atoms with E-state index in [1.165, 1.54) is 43.7 Å². The first-order valence-electron chi connectivity index (χ1n) is 9.19. The lowest BCUT2D eigenvalue weighted by molar-refractivity contribution is 0.669. The summed E-state index contributed by atoms with van der Waals surface area (Å²) < 4.78 is 8.39. The molecule has 0 unspecified atom stereocenters. The second kappa shape index (κ2) is 5.24. The highest BCUT2D eigenvalue weighted by atomic mass is 16.3. The molecule has 2 aromatic heterocycles. The normalized spacial score (nSPS) is 11.9. The van der Waals surface area contributed by atoms with E-state index in [0.717, 1.165) is 11.2 Å². The van der Waals surface area contributed by atoms with E-state index in [2.05, 4.69) is 84.4 Å². The van der Waals surface area contributed by atoms with Crippen molar-refractivity contribution in [2.45, 2.75) is 0 Å². The molecule has 2 heteroatoms. The van der Waals surface area contributed by atoms with Crippen molar-refractivity contribution in [3.8, 4) is 11.1 Å². The van der Waals surface area contributed by atoms with Gasteiger partial charge in [-0.2, -0.15) is 0 Å². The number of para-hydroxylation sites is 2. The number of hydrogen-bond acceptors (Lipinski definition) is 1. The van der Waals surface area contributed by atoms with Gasteiger partial charge in [0.1, 0.15) is 11.2 Å². The van der Waals surface area contributed by atoms with Crippen molar-refractivity contribution in [3.05, 3.63) is 84.9 Å². The standard InChI is InChI=1S/C25H17NO/c1-26-21-10-4-2-8-20(21)25-17(9-6-11-22(25)26)16-13-14-19-18-7-3-5-12-23(18)27-24(19)15-16/h2-15H,1H3. The summed E-state index contributed by atoms with van der Waals surface area (Å²) >= 11 is 0. The molecule has 128 valence electrons. The fourth-order valence-electron chi connectivity index (χ4n) is 4.34. The first-order chi connectivity index (χ1) is 13.3. The Morgan fingerprint density at radius 3 is 2.30 bits per heavy atom. The van der Waals surface area contributed by atoms with Crippen LogP contribution in [0.25, 0.3) is 54.9 Å². The largest absolute Gasteiger partial charge is 0.456 e. The summed E-state index contributed by atoms with van der Waals surface area (Å²) in [7, 11) is 2.14. The van der Waals surface area contributed by atoms with Crippen molar-refractivity contribution in [3.63, 3.8) is 0 Å². The summed E-state index contributed by atoms with van der Waals surface area (Å²) in [4.78, 5) is 0. The molecule has 0 saturated heterocycles. The highest BCUT2D eigenvalue weighted by molar-refractivity contribution is 6.15. The van der Waals surface area contributed by atoms with Crippen molar-refractivity contribution in [1.29, 1.82) is 0 Å². The Labute approximate surface area is 156 Å². The molecule has 6 aromatic rings. The topological polar surface area (TPSA) is 18.1 Å². The van der Waals surface area contributed by atoms with Gasteiger partial charge in [-0.25, -0.2) is 0 Å². The van der Waals surface area contributed by atoms with Crippen LogP contribution in [-0.4, -0.2) is 4.57 Å². The van der Waals surface area contributed by atoms with Crippen LogP contribution in [0.15, 0.2) is 89.3 Å². The Morgan fingerprint density at radius 1 is 0.630 bits per heavy atom. The van der Waals surface area contributed by atoms with Crippen molar-refractivity contribution in [1.82, 2.24) is 4.57 Å². The highest BCUT2D eigenvalue weighted by Gasteiger charge is 2.14. The van der Waals surface area contributed by atoms with E-state index in [4.69, 9.17) is 4.42 Å². The quantitative estimate of drug-likeness (QED) is 0.316. The summed E-state index contributed by atoms with van der Waals surface area (Å²) in [6.07, 6.45) is 0. The minimum absolute atomic E-state index is 0.936. The Balaban J connectivity index is 1.70. The Hall–Kier alpha value is -3.52. The lowest BCUT2D eigenvalue weighted by Crippen LogP contribution is -1.86. The molecule has 27 heavy (non-hydrogen) atoms. The van der Waals surface area contributed by atoms with Crippen molar-refractivity contribution in [2.24, 2.45) is 7.05 Å². The molecule has 0 aliphatic carbocycles. The van der Waals surface area contributed by atoms with Gasteiger partial charge in [0.05, 0.1) is 0 Å². The fourth-order valence-corrected chi connectivity index (χ4v) is 4.34. The van der Waals surface area contributed by atoms with E-state index in [0.29, 0.717) is 0 Å². The molecule has 0 atom stereocenters. The van der Waals surface area contributed by atoms with E-state index < -0.39 is 0 Å². The number of hydrogen-bond donors (Lipinski definition) is 0. The van der Waals surface area contributed by atoms with Crippen molar-refractivity contribution >= 4 is 43.7 Å². The smallest absolute Gasteiger partial charge is 0.136 e. The van der Waals surface area contributed by atoms with Crippen LogP contribution in [0.2, 0.25) is 0 Å². The van der Waals surface area contributed by atoms with Gasteiger partial charge in [0.15, 0.2) is 0 Å². The van der Waals surface area contributed by atoms with E-state index in [1.54, 1.807) is 0 Å². The molecule has 0 saturated carbocycles. The number of fused-ring (bicyclic) bond motifs is 6.